The second kappa shape index (κ2) is 22.3. The maximum absolute atomic E-state index is 12.0. The van der Waals surface area contributed by atoms with Gasteiger partial charge >= 0.3 is 0 Å². The fourth-order valence-corrected chi connectivity index (χ4v) is 6.27. The van der Waals surface area contributed by atoms with Gasteiger partial charge in [-0.05, 0) is 86.8 Å². The van der Waals surface area contributed by atoms with Crippen molar-refractivity contribution in [3.05, 3.63) is 99.6 Å². The molecule has 3 rings (SSSR count). The molecule has 0 spiro atoms. The molecular formula is C41H60N2Ni. The van der Waals surface area contributed by atoms with Crippen LogP contribution in [0, 0.1) is 0 Å². The van der Waals surface area contributed by atoms with E-state index in [0.29, 0.717) is 0 Å². The number of rotatable bonds is 22. The summed E-state index contributed by atoms with van der Waals surface area (Å²) >= 11 is 0. The first-order valence-electron chi connectivity index (χ1n) is 18.0. The Labute approximate surface area is 280 Å². The summed E-state index contributed by atoms with van der Waals surface area (Å²) in [4.78, 5) is 0. The predicted molar refractivity (Wildman–Crippen MR) is 188 cm³/mol. The maximum atomic E-state index is 12.0. The van der Waals surface area contributed by atoms with Gasteiger partial charge in [0.05, 0.1) is 5.57 Å². The average Bonchev–Trinajstić information content (AvgIpc) is 3.31. The number of allylic oxidation sites excluding steroid dienone is 4. The molecule has 0 aromatic heterocycles. The SMILES string of the molecule is CCCCCCCCCCCC=CC1=C(c2cccc(CCCC)c2)[N+](=[N-])C(c2cccc(CCCC)c2)=C1CCCC.[Ni]. The van der Waals surface area contributed by atoms with Gasteiger partial charge in [-0.25, -0.2) is 4.70 Å². The summed E-state index contributed by atoms with van der Waals surface area (Å²) in [6.07, 6.45) is 28.1. The van der Waals surface area contributed by atoms with Crippen molar-refractivity contribution in [1.82, 2.24) is 0 Å². The molecule has 0 saturated heterocycles. The Bertz CT molecular complexity index is 1220. The van der Waals surface area contributed by atoms with Crippen LogP contribution in [0.4, 0.5) is 0 Å². The first kappa shape index (κ1) is 37.9. The Morgan fingerprint density at radius 1 is 0.568 bits per heavy atom. The summed E-state index contributed by atoms with van der Waals surface area (Å²) in [5.74, 6) is 0. The van der Waals surface area contributed by atoms with Crippen molar-refractivity contribution < 1.29 is 21.2 Å². The van der Waals surface area contributed by atoms with Gasteiger partial charge < -0.3 is 5.53 Å². The summed E-state index contributed by atoms with van der Waals surface area (Å²) in [6.45, 7) is 9.05. The molecule has 1 heterocycles. The molecule has 0 atom stereocenters. The average molecular weight is 640 g/mol. The van der Waals surface area contributed by atoms with Crippen LogP contribution in [0.1, 0.15) is 159 Å². The summed E-state index contributed by atoms with van der Waals surface area (Å²) in [5.41, 5.74) is 21.3. The Morgan fingerprint density at radius 3 is 1.59 bits per heavy atom. The minimum Gasteiger partial charge on any atom is -0.493 e. The molecule has 44 heavy (non-hydrogen) atoms. The zero-order valence-corrected chi connectivity index (χ0v) is 29.4. The number of hydrogen-bond donors (Lipinski definition) is 0. The Balaban J connectivity index is 0.00000675. The van der Waals surface area contributed by atoms with Crippen LogP contribution in [0.25, 0.3) is 16.9 Å². The van der Waals surface area contributed by atoms with E-state index in [1.54, 1.807) is 0 Å². The Hall–Kier alpha value is -2.25. The third kappa shape index (κ3) is 11.9. The summed E-state index contributed by atoms with van der Waals surface area (Å²) in [6, 6.07) is 17.8. The van der Waals surface area contributed by atoms with Crippen LogP contribution in [0.3, 0.4) is 0 Å². The molecule has 1 aliphatic heterocycles. The third-order valence-electron chi connectivity index (χ3n) is 8.87. The van der Waals surface area contributed by atoms with Crippen molar-refractivity contribution in [3.63, 3.8) is 0 Å². The largest absolute Gasteiger partial charge is 0.493 e. The van der Waals surface area contributed by atoms with Crippen LogP contribution in [-0.2, 0) is 29.3 Å². The van der Waals surface area contributed by atoms with Crippen molar-refractivity contribution in [3.8, 4) is 0 Å². The molecule has 0 amide bonds. The molecule has 0 saturated carbocycles. The molecule has 0 unspecified atom stereocenters. The standard InChI is InChI=1S/C41H60N2.Ni/c1-5-9-13-14-15-16-17-18-19-20-21-31-39-38(30-12-8-4)40(36-28-22-26-34(32-36)24-10-6-2)43(42)41(39)37-29-23-27-35(33-37)25-11-7-3;/h21-23,26-29,31-33H,5-20,24-25,30H2,1-4H3;. The molecule has 0 fully saturated rings. The van der Waals surface area contributed by atoms with E-state index in [1.807, 2.05) is 0 Å². The van der Waals surface area contributed by atoms with Gasteiger partial charge in [-0.1, -0.05) is 135 Å². The molecule has 0 bridgehead atoms. The Kier molecular flexibility index (Phi) is 19.2. The van der Waals surface area contributed by atoms with Crippen molar-refractivity contribution in [2.45, 2.75) is 150 Å². The van der Waals surface area contributed by atoms with E-state index >= 15 is 0 Å². The minimum absolute atomic E-state index is 0. The molecule has 0 radical (unpaired) electrons. The van der Waals surface area contributed by atoms with E-state index in [4.69, 9.17) is 0 Å². The topological polar surface area (TPSA) is 25.3 Å². The molecular weight excluding hydrogens is 579 g/mol. The minimum atomic E-state index is 0. The third-order valence-corrected chi connectivity index (χ3v) is 8.87. The van der Waals surface area contributed by atoms with Crippen LogP contribution < -0.4 is 0 Å². The molecule has 244 valence electrons. The van der Waals surface area contributed by atoms with E-state index in [0.717, 1.165) is 61.0 Å². The molecule has 2 nitrogen and oxygen atoms in total. The smallest absolute Gasteiger partial charge is 0.215 e. The number of nitrogens with zero attached hydrogens (tertiary/aromatic N) is 2. The molecule has 1 aliphatic rings. The van der Waals surface area contributed by atoms with Gasteiger partial charge in [0, 0.05) is 33.2 Å². The van der Waals surface area contributed by atoms with E-state index in [9.17, 15) is 5.53 Å². The first-order chi connectivity index (χ1) is 21.1. The molecule has 2 aromatic carbocycles. The molecule has 3 heteroatoms. The zero-order chi connectivity index (χ0) is 30.7. The molecule has 0 N–H and O–H groups in total. The number of hydrogen-bond acceptors (Lipinski definition) is 0. The number of aryl methyl sites for hydroxylation is 2. The molecule has 0 aliphatic carbocycles. The van der Waals surface area contributed by atoms with E-state index in [1.165, 1.54) is 110 Å². The van der Waals surface area contributed by atoms with Gasteiger partial charge in [0.2, 0.25) is 11.4 Å². The fourth-order valence-electron chi connectivity index (χ4n) is 6.27. The van der Waals surface area contributed by atoms with Crippen molar-refractivity contribution in [2.75, 3.05) is 0 Å². The summed E-state index contributed by atoms with van der Waals surface area (Å²) in [5, 5.41) is 0. The molecule has 2 aromatic rings. The first-order valence-corrected chi connectivity index (χ1v) is 18.0. The second-order valence-corrected chi connectivity index (χ2v) is 12.6. The van der Waals surface area contributed by atoms with Gasteiger partial charge in [0.15, 0.2) is 0 Å². The summed E-state index contributed by atoms with van der Waals surface area (Å²) in [7, 11) is 0. The van der Waals surface area contributed by atoms with Crippen molar-refractivity contribution in [1.29, 1.82) is 0 Å². The quantitative estimate of drug-likeness (QED) is 0.0696. The normalized spacial score (nSPS) is 13.4. The zero-order valence-electron chi connectivity index (χ0n) is 28.4. The number of benzene rings is 2. The predicted octanol–water partition coefficient (Wildman–Crippen LogP) is 13.2. The number of unbranched alkanes of at least 4 members (excludes halogenated alkanes) is 12. The van der Waals surface area contributed by atoms with E-state index < -0.39 is 0 Å². The van der Waals surface area contributed by atoms with Crippen LogP contribution in [0.2, 0.25) is 0 Å². The van der Waals surface area contributed by atoms with E-state index in [-0.39, 0.29) is 16.5 Å². The van der Waals surface area contributed by atoms with Crippen LogP contribution in [0.15, 0.2) is 71.8 Å². The van der Waals surface area contributed by atoms with Crippen LogP contribution >= 0.6 is 0 Å². The van der Waals surface area contributed by atoms with Gasteiger partial charge in [-0.3, -0.25) is 0 Å². The van der Waals surface area contributed by atoms with Gasteiger partial charge in [0.25, 0.3) is 0 Å². The fraction of sp³-hybridized carbons (Fsp3) is 0.561. The van der Waals surface area contributed by atoms with Crippen LogP contribution in [0.5, 0.6) is 0 Å². The van der Waals surface area contributed by atoms with Crippen molar-refractivity contribution in [2.24, 2.45) is 0 Å². The van der Waals surface area contributed by atoms with Crippen molar-refractivity contribution >= 4 is 11.4 Å². The monoisotopic (exact) mass is 638 g/mol. The Morgan fingerprint density at radius 2 is 1.05 bits per heavy atom. The van der Waals surface area contributed by atoms with Gasteiger partial charge in [-0.15, -0.1) is 0 Å². The summed E-state index contributed by atoms with van der Waals surface area (Å²) < 4.78 is 1.53. The van der Waals surface area contributed by atoms with Gasteiger partial charge in [-0.2, -0.15) is 0 Å². The van der Waals surface area contributed by atoms with Crippen LogP contribution in [-0.4, -0.2) is 4.70 Å². The second-order valence-electron chi connectivity index (χ2n) is 12.6. The maximum Gasteiger partial charge on any atom is 0.215 e. The van der Waals surface area contributed by atoms with Gasteiger partial charge in [0.1, 0.15) is 0 Å². The van der Waals surface area contributed by atoms with E-state index in [2.05, 4.69) is 88.4 Å².